The van der Waals surface area contributed by atoms with E-state index < -0.39 is 6.10 Å². The number of benzene rings is 1. The zero-order valence-corrected chi connectivity index (χ0v) is 13.4. The molecule has 1 saturated heterocycles. The highest BCUT2D eigenvalue weighted by Gasteiger charge is 2.25. The number of carbonyl (C=O) groups is 1. The van der Waals surface area contributed by atoms with Crippen molar-refractivity contribution in [2.45, 2.75) is 45.8 Å². The number of piperazine rings is 1. The van der Waals surface area contributed by atoms with Crippen molar-refractivity contribution in [3.8, 4) is 5.75 Å². The molecule has 2 rings (SSSR count). The van der Waals surface area contributed by atoms with Crippen molar-refractivity contribution in [3.05, 3.63) is 29.8 Å². The second-order valence-corrected chi connectivity index (χ2v) is 6.13. The molecular weight excluding hydrogens is 264 g/mol. The van der Waals surface area contributed by atoms with Gasteiger partial charge in [-0.3, -0.25) is 4.79 Å². The van der Waals surface area contributed by atoms with Crippen LogP contribution in [0.4, 0.5) is 0 Å². The van der Waals surface area contributed by atoms with Gasteiger partial charge in [-0.05, 0) is 37.5 Å². The van der Waals surface area contributed by atoms with E-state index in [-0.39, 0.29) is 5.91 Å². The standard InChI is InChI=1S/C17H26N2O2/c1-12(2)15-6-5-7-16(10-15)21-14(4)17(20)19-9-8-18-13(3)11-19/h5-7,10,12-14,18H,8-9,11H2,1-4H3. The molecule has 0 radical (unpaired) electrons. The highest BCUT2D eigenvalue weighted by atomic mass is 16.5. The number of ether oxygens (including phenoxy) is 1. The molecular formula is C17H26N2O2. The average Bonchev–Trinajstić information content (AvgIpc) is 2.46. The monoisotopic (exact) mass is 290 g/mol. The van der Waals surface area contributed by atoms with Crippen LogP contribution in [0.1, 0.15) is 39.2 Å². The summed E-state index contributed by atoms with van der Waals surface area (Å²) in [6.07, 6.45) is -0.447. The van der Waals surface area contributed by atoms with E-state index in [2.05, 4.69) is 32.2 Å². The summed E-state index contributed by atoms with van der Waals surface area (Å²) in [7, 11) is 0. The summed E-state index contributed by atoms with van der Waals surface area (Å²) in [5, 5.41) is 3.34. The van der Waals surface area contributed by atoms with Crippen molar-refractivity contribution in [2.24, 2.45) is 0 Å². The molecule has 1 fully saturated rings. The lowest BCUT2D eigenvalue weighted by Gasteiger charge is -2.33. The van der Waals surface area contributed by atoms with Gasteiger partial charge in [0.05, 0.1) is 0 Å². The lowest BCUT2D eigenvalue weighted by atomic mass is 10.0. The Morgan fingerprint density at radius 2 is 2.14 bits per heavy atom. The van der Waals surface area contributed by atoms with Crippen LogP contribution in [0.5, 0.6) is 5.75 Å². The van der Waals surface area contributed by atoms with E-state index in [9.17, 15) is 4.79 Å². The normalized spacial score (nSPS) is 20.4. The lowest BCUT2D eigenvalue weighted by molar-refractivity contribution is -0.139. The summed E-state index contributed by atoms with van der Waals surface area (Å²) >= 11 is 0. The minimum absolute atomic E-state index is 0.0679. The Balaban J connectivity index is 1.98. The molecule has 1 aromatic rings. The van der Waals surface area contributed by atoms with Gasteiger partial charge in [0.25, 0.3) is 5.91 Å². The van der Waals surface area contributed by atoms with E-state index in [4.69, 9.17) is 4.74 Å². The maximum Gasteiger partial charge on any atom is 0.263 e. The topological polar surface area (TPSA) is 41.6 Å². The van der Waals surface area contributed by atoms with Crippen LogP contribution in [0.3, 0.4) is 0 Å². The van der Waals surface area contributed by atoms with Gasteiger partial charge >= 0.3 is 0 Å². The number of carbonyl (C=O) groups excluding carboxylic acids is 1. The predicted octanol–water partition coefficient (Wildman–Crippen LogP) is 2.40. The maximum absolute atomic E-state index is 12.4. The molecule has 1 aliphatic heterocycles. The van der Waals surface area contributed by atoms with Crippen LogP contribution in [0, 0.1) is 0 Å². The van der Waals surface area contributed by atoms with E-state index >= 15 is 0 Å². The predicted molar refractivity (Wildman–Crippen MR) is 84.7 cm³/mol. The van der Waals surface area contributed by atoms with Crippen LogP contribution in [0.15, 0.2) is 24.3 Å². The summed E-state index contributed by atoms with van der Waals surface area (Å²) < 4.78 is 5.84. The second kappa shape index (κ2) is 6.94. The summed E-state index contributed by atoms with van der Waals surface area (Å²) in [6.45, 7) is 10.6. The first-order chi connectivity index (χ1) is 9.97. The van der Waals surface area contributed by atoms with Crippen LogP contribution in [0.2, 0.25) is 0 Å². The van der Waals surface area contributed by atoms with Crippen LogP contribution >= 0.6 is 0 Å². The molecule has 1 heterocycles. The van der Waals surface area contributed by atoms with Crippen LogP contribution in [-0.4, -0.2) is 42.6 Å². The van der Waals surface area contributed by atoms with E-state index in [0.717, 1.165) is 25.4 Å². The number of nitrogens with zero attached hydrogens (tertiary/aromatic N) is 1. The minimum atomic E-state index is -0.447. The first-order valence-corrected chi connectivity index (χ1v) is 7.76. The van der Waals surface area contributed by atoms with E-state index in [1.165, 1.54) is 5.56 Å². The smallest absolute Gasteiger partial charge is 0.263 e. The Morgan fingerprint density at radius 1 is 1.38 bits per heavy atom. The molecule has 0 spiro atoms. The third-order valence-corrected chi connectivity index (χ3v) is 3.87. The van der Waals surface area contributed by atoms with Gasteiger partial charge in [0.1, 0.15) is 5.75 Å². The van der Waals surface area contributed by atoms with Crippen molar-refractivity contribution < 1.29 is 9.53 Å². The second-order valence-electron chi connectivity index (χ2n) is 6.13. The van der Waals surface area contributed by atoms with E-state index in [0.29, 0.717) is 12.0 Å². The van der Waals surface area contributed by atoms with E-state index in [1.54, 1.807) is 0 Å². The third kappa shape index (κ3) is 4.21. The number of amides is 1. The lowest BCUT2D eigenvalue weighted by Crippen LogP contribution is -2.54. The highest BCUT2D eigenvalue weighted by Crippen LogP contribution is 2.21. The third-order valence-electron chi connectivity index (χ3n) is 3.87. The molecule has 4 heteroatoms. The summed E-state index contributed by atoms with van der Waals surface area (Å²) in [6, 6.07) is 8.35. The fourth-order valence-electron chi connectivity index (χ4n) is 2.59. The quantitative estimate of drug-likeness (QED) is 0.926. The first kappa shape index (κ1) is 15.8. The van der Waals surface area contributed by atoms with E-state index in [1.807, 2.05) is 30.0 Å². The summed E-state index contributed by atoms with van der Waals surface area (Å²) in [5.74, 6) is 1.29. The summed E-state index contributed by atoms with van der Waals surface area (Å²) in [4.78, 5) is 14.3. The van der Waals surface area contributed by atoms with Crippen molar-refractivity contribution in [1.29, 1.82) is 0 Å². The maximum atomic E-state index is 12.4. The SMILES string of the molecule is CC1CN(C(=O)C(C)Oc2cccc(C(C)C)c2)CCN1. The van der Waals surface area contributed by atoms with Crippen molar-refractivity contribution >= 4 is 5.91 Å². The molecule has 4 nitrogen and oxygen atoms in total. The van der Waals surface area contributed by atoms with Crippen LogP contribution in [0.25, 0.3) is 0 Å². The molecule has 2 atom stereocenters. The molecule has 0 aromatic heterocycles. The van der Waals surface area contributed by atoms with Crippen LogP contribution in [-0.2, 0) is 4.79 Å². The van der Waals surface area contributed by atoms with Gasteiger partial charge in [-0.25, -0.2) is 0 Å². The number of hydrogen-bond donors (Lipinski definition) is 1. The van der Waals surface area contributed by atoms with Gasteiger partial charge in [0, 0.05) is 25.7 Å². The molecule has 0 saturated carbocycles. The zero-order valence-electron chi connectivity index (χ0n) is 13.4. The number of nitrogens with one attached hydrogen (secondary N) is 1. The fourth-order valence-corrected chi connectivity index (χ4v) is 2.59. The van der Waals surface area contributed by atoms with Gasteiger partial charge in [-0.15, -0.1) is 0 Å². The fraction of sp³-hybridized carbons (Fsp3) is 0.588. The molecule has 1 aromatic carbocycles. The van der Waals surface area contributed by atoms with Crippen molar-refractivity contribution in [3.63, 3.8) is 0 Å². The molecule has 2 unspecified atom stereocenters. The number of hydrogen-bond acceptors (Lipinski definition) is 3. The molecule has 0 bridgehead atoms. The Hall–Kier alpha value is -1.55. The van der Waals surface area contributed by atoms with Crippen molar-refractivity contribution in [2.75, 3.05) is 19.6 Å². The molecule has 1 aliphatic rings. The average molecular weight is 290 g/mol. The first-order valence-electron chi connectivity index (χ1n) is 7.76. The number of rotatable bonds is 4. The minimum Gasteiger partial charge on any atom is -0.481 e. The zero-order chi connectivity index (χ0) is 15.4. The van der Waals surface area contributed by atoms with Crippen LogP contribution < -0.4 is 10.1 Å². The molecule has 1 amide bonds. The van der Waals surface area contributed by atoms with Gasteiger partial charge in [-0.2, -0.15) is 0 Å². The molecule has 1 N–H and O–H groups in total. The van der Waals surface area contributed by atoms with Gasteiger partial charge in [-0.1, -0.05) is 26.0 Å². The molecule has 0 aliphatic carbocycles. The molecule has 21 heavy (non-hydrogen) atoms. The summed E-state index contributed by atoms with van der Waals surface area (Å²) in [5.41, 5.74) is 1.22. The largest absolute Gasteiger partial charge is 0.481 e. The van der Waals surface area contributed by atoms with Gasteiger partial charge in [0.2, 0.25) is 0 Å². The van der Waals surface area contributed by atoms with Gasteiger partial charge < -0.3 is 15.0 Å². The van der Waals surface area contributed by atoms with Gasteiger partial charge in [0.15, 0.2) is 6.10 Å². The Morgan fingerprint density at radius 3 is 2.81 bits per heavy atom. The molecule has 116 valence electrons. The highest BCUT2D eigenvalue weighted by molar-refractivity contribution is 5.81. The Bertz CT molecular complexity index is 487. The van der Waals surface area contributed by atoms with Crippen molar-refractivity contribution in [1.82, 2.24) is 10.2 Å². The Kier molecular flexibility index (Phi) is 5.23. The Labute approximate surface area is 127 Å².